The maximum atomic E-state index is 11.0. The fourth-order valence-corrected chi connectivity index (χ4v) is 0.844. The standard InChI is InChI=1S/C7H8N2O5/c1-2-6(12)14-8-9-5(11)3-4(10)7(9)13/h2,4,8,10H,1,3H2. The average molecular weight is 200 g/mol. The van der Waals surface area contributed by atoms with E-state index in [1.807, 2.05) is 5.59 Å². The van der Waals surface area contributed by atoms with Gasteiger partial charge in [0.2, 0.25) is 5.91 Å². The number of nitrogens with one attached hydrogen (secondary N) is 1. The predicted octanol–water partition coefficient (Wildman–Crippen LogP) is -1.75. The summed E-state index contributed by atoms with van der Waals surface area (Å²) in [6.07, 6.45) is -0.844. The number of hydrazine groups is 1. The number of hydrogen-bond donors (Lipinski definition) is 2. The molecule has 1 heterocycles. The number of carbonyl (C=O) groups is 3. The zero-order valence-electron chi connectivity index (χ0n) is 7.10. The molecular weight excluding hydrogens is 192 g/mol. The third-order valence-electron chi connectivity index (χ3n) is 1.53. The van der Waals surface area contributed by atoms with Crippen LogP contribution in [0.4, 0.5) is 0 Å². The molecule has 7 heteroatoms. The van der Waals surface area contributed by atoms with Crippen LogP contribution in [0.15, 0.2) is 12.7 Å². The van der Waals surface area contributed by atoms with Gasteiger partial charge in [-0.25, -0.2) is 4.79 Å². The van der Waals surface area contributed by atoms with Crippen molar-refractivity contribution in [3.05, 3.63) is 12.7 Å². The maximum absolute atomic E-state index is 11.0. The lowest BCUT2D eigenvalue weighted by Crippen LogP contribution is -2.44. The van der Waals surface area contributed by atoms with Crippen molar-refractivity contribution in [1.29, 1.82) is 0 Å². The van der Waals surface area contributed by atoms with Crippen LogP contribution in [0, 0.1) is 0 Å². The molecule has 0 aromatic carbocycles. The van der Waals surface area contributed by atoms with Crippen LogP contribution in [0.5, 0.6) is 0 Å². The minimum Gasteiger partial charge on any atom is -0.383 e. The minimum absolute atomic E-state index is 0.322. The molecule has 2 N–H and O–H groups in total. The van der Waals surface area contributed by atoms with Gasteiger partial charge < -0.3 is 9.94 Å². The maximum Gasteiger partial charge on any atom is 0.350 e. The number of amides is 2. The molecule has 1 rings (SSSR count). The normalized spacial score (nSPS) is 21.2. The molecule has 1 aliphatic rings. The molecule has 0 saturated carbocycles. The number of rotatable bonds is 3. The third kappa shape index (κ3) is 1.95. The summed E-state index contributed by atoms with van der Waals surface area (Å²) in [5.41, 5.74) is 1.82. The molecule has 2 amide bonds. The first-order valence-corrected chi connectivity index (χ1v) is 3.70. The minimum atomic E-state index is -1.38. The monoisotopic (exact) mass is 200 g/mol. The molecule has 1 unspecified atom stereocenters. The van der Waals surface area contributed by atoms with Crippen LogP contribution in [0.2, 0.25) is 0 Å². The van der Waals surface area contributed by atoms with Gasteiger partial charge in [0.1, 0.15) is 6.10 Å². The Morgan fingerprint density at radius 2 is 2.36 bits per heavy atom. The van der Waals surface area contributed by atoms with E-state index in [2.05, 4.69) is 11.4 Å². The van der Waals surface area contributed by atoms with Crippen molar-refractivity contribution in [2.75, 3.05) is 0 Å². The lowest BCUT2D eigenvalue weighted by atomic mass is 10.3. The zero-order valence-corrected chi connectivity index (χ0v) is 7.10. The highest BCUT2D eigenvalue weighted by Gasteiger charge is 2.38. The van der Waals surface area contributed by atoms with Crippen LogP contribution in [-0.4, -0.2) is 34.0 Å². The molecule has 1 aliphatic heterocycles. The number of hydrogen-bond acceptors (Lipinski definition) is 6. The van der Waals surface area contributed by atoms with Crippen molar-refractivity contribution in [2.45, 2.75) is 12.5 Å². The fraction of sp³-hybridized carbons (Fsp3) is 0.286. The van der Waals surface area contributed by atoms with Gasteiger partial charge in [-0.3, -0.25) is 9.59 Å². The second-order valence-corrected chi connectivity index (χ2v) is 2.50. The van der Waals surface area contributed by atoms with Crippen LogP contribution in [0.1, 0.15) is 6.42 Å². The van der Waals surface area contributed by atoms with Gasteiger partial charge in [-0.05, 0) is 0 Å². The second-order valence-electron chi connectivity index (χ2n) is 2.50. The second kappa shape index (κ2) is 3.99. The lowest BCUT2D eigenvalue weighted by Gasteiger charge is -2.12. The molecular formula is C7H8N2O5. The first kappa shape index (κ1) is 10.4. The van der Waals surface area contributed by atoms with Crippen LogP contribution in [0.3, 0.4) is 0 Å². The van der Waals surface area contributed by atoms with Crippen molar-refractivity contribution in [3.63, 3.8) is 0 Å². The molecule has 0 aromatic rings. The average Bonchev–Trinajstić information content (AvgIpc) is 2.39. The van der Waals surface area contributed by atoms with E-state index in [-0.39, 0.29) is 6.42 Å². The SMILES string of the molecule is C=CC(=O)ONN1C(=O)CC(O)C1=O. The van der Waals surface area contributed by atoms with Gasteiger partial charge in [-0.1, -0.05) is 12.2 Å². The summed E-state index contributed by atoms with van der Waals surface area (Å²) in [5.74, 6) is -2.36. The summed E-state index contributed by atoms with van der Waals surface area (Å²) in [7, 11) is 0. The Morgan fingerprint density at radius 1 is 1.71 bits per heavy atom. The predicted molar refractivity (Wildman–Crippen MR) is 41.9 cm³/mol. The highest BCUT2D eigenvalue weighted by Crippen LogP contribution is 2.09. The Labute approximate surface area is 78.9 Å². The quantitative estimate of drug-likeness (QED) is 0.319. The molecule has 0 aliphatic carbocycles. The summed E-state index contributed by atoms with van der Waals surface area (Å²) in [6.45, 7) is 3.11. The molecule has 14 heavy (non-hydrogen) atoms. The van der Waals surface area contributed by atoms with E-state index >= 15 is 0 Å². The van der Waals surface area contributed by atoms with Gasteiger partial charge in [0.25, 0.3) is 5.91 Å². The summed E-state index contributed by atoms with van der Waals surface area (Å²) in [6, 6.07) is 0. The molecule has 0 bridgehead atoms. The summed E-state index contributed by atoms with van der Waals surface area (Å²) in [4.78, 5) is 36.7. The molecule has 0 radical (unpaired) electrons. The van der Waals surface area contributed by atoms with E-state index in [1.54, 1.807) is 0 Å². The first-order valence-electron chi connectivity index (χ1n) is 3.70. The molecule has 1 atom stereocenters. The molecule has 76 valence electrons. The van der Waals surface area contributed by atoms with Gasteiger partial charge in [-0.2, -0.15) is 5.01 Å². The van der Waals surface area contributed by atoms with E-state index < -0.39 is 23.9 Å². The van der Waals surface area contributed by atoms with E-state index in [4.69, 9.17) is 5.11 Å². The van der Waals surface area contributed by atoms with Crippen LogP contribution < -0.4 is 5.59 Å². The van der Waals surface area contributed by atoms with E-state index in [1.165, 1.54) is 0 Å². The number of aliphatic hydroxyl groups is 1. The Bertz CT molecular complexity index is 300. The Hall–Kier alpha value is -1.73. The fourth-order valence-electron chi connectivity index (χ4n) is 0.844. The van der Waals surface area contributed by atoms with Gasteiger partial charge in [0.05, 0.1) is 6.42 Å². The van der Waals surface area contributed by atoms with Crippen LogP contribution in [-0.2, 0) is 19.2 Å². The van der Waals surface area contributed by atoms with Crippen LogP contribution in [0.25, 0.3) is 0 Å². The smallest absolute Gasteiger partial charge is 0.350 e. The Kier molecular flexibility index (Phi) is 2.95. The van der Waals surface area contributed by atoms with E-state index in [9.17, 15) is 14.4 Å². The van der Waals surface area contributed by atoms with Gasteiger partial charge in [-0.15, -0.1) is 0 Å². The number of aliphatic hydroxyl groups excluding tert-OH is 1. The number of carbonyl (C=O) groups excluding carboxylic acids is 3. The Balaban J connectivity index is 2.52. The van der Waals surface area contributed by atoms with Crippen LogP contribution >= 0.6 is 0 Å². The largest absolute Gasteiger partial charge is 0.383 e. The molecule has 7 nitrogen and oxygen atoms in total. The van der Waals surface area contributed by atoms with E-state index in [0.29, 0.717) is 5.01 Å². The summed E-state index contributed by atoms with van der Waals surface area (Å²) in [5, 5.41) is 9.38. The number of imide groups is 1. The number of nitrogens with zero attached hydrogens (tertiary/aromatic N) is 1. The van der Waals surface area contributed by atoms with Gasteiger partial charge in [0, 0.05) is 6.08 Å². The zero-order chi connectivity index (χ0) is 10.7. The van der Waals surface area contributed by atoms with Crippen molar-refractivity contribution < 1.29 is 24.3 Å². The summed E-state index contributed by atoms with van der Waals surface area (Å²) >= 11 is 0. The van der Waals surface area contributed by atoms with Crippen molar-refractivity contribution in [1.82, 2.24) is 10.6 Å². The lowest BCUT2D eigenvalue weighted by molar-refractivity contribution is -0.170. The molecule has 1 fully saturated rings. The highest BCUT2D eigenvalue weighted by molar-refractivity contribution is 6.04. The third-order valence-corrected chi connectivity index (χ3v) is 1.53. The molecule has 1 saturated heterocycles. The van der Waals surface area contributed by atoms with Crippen molar-refractivity contribution in [3.8, 4) is 0 Å². The van der Waals surface area contributed by atoms with Crippen molar-refractivity contribution >= 4 is 17.8 Å². The Morgan fingerprint density at radius 3 is 2.79 bits per heavy atom. The molecule has 0 aromatic heterocycles. The van der Waals surface area contributed by atoms with E-state index in [0.717, 1.165) is 6.08 Å². The van der Waals surface area contributed by atoms with Gasteiger partial charge in [0.15, 0.2) is 0 Å². The summed E-state index contributed by atoms with van der Waals surface area (Å²) < 4.78 is 0. The van der Waals surface area contributed by atoms with Gasteiger partial charge >= 0.3 is 5.97 Å². The van der Waals surface area contributed by atoms with Crippen molar-refractivity contribution in [2.24, 2.45) is 0 Å². The highest BCUT2D eigenvalue weighted by atomic mass is 16.7. The topological polar surface area (TPSA) is 95.9 Å². The molecule has 0 spiro atoms. The first-order chi connectivity index (χ1) is 6.56.